The molecule has 1 heterocycles. The molecule has 1 aliphatic heterocycles. The van der Waals surface area contributed by atoms with Crippen LogP contribution in [0.5, 0.6) is 0 Å². The van der Waals surface area contributed by atoms with E-state index in [1.807, 2.05) is 13.8 Å². The van der Waals surface area contributed by atoms with Crippen LogP contribution in [-0.4, -0.2) is 60.8 Å². The predicted octanol–water partition coefficient (Wildman–Crippen LogP) is 1.28. The number of hydrogen-bond acceptors (Lipinski definition) is 3. The van der Waals surface area contributed by atoms with Crippen LogP contribution in [0.15, 0.2) is 0 Å². The fraction of sp³-hybridized carbons (Fsp3) is 1.00. The van der Waals surface area contributed by atoms with Gasteiger partial charge in [0.05, 0.1) is 6.61 Å². The van der Waals surface area contributed by atoms with Gasteiger partial charge in [-0.25, -0.2) is 0 Å². The van der Waals surface area contributed by atoms with Gasteiger partial charge >= 0.3 is 0 Å². The molecule has 0 radical (unpaired) electrons. The SMILES string of the molecule is CC.CC(C)CN1CCN(CCO)CC1. The summed E-state index contributed by atoms with van der Waals surface area (Å²) in [4.78, 5) is 4.84. The third kappa shape index (κ3) is 6.88. The fourth-order valence-corrected chi connectivity index (χ4v) is 1.85. The highest BCUT2D eigenvalue weighted by molar-refractivity contribution is 4.72. The van der Waals surface area contributed by atoms with E-state index in [9.17, 15) is 0 Å². The number of hydrogen-bond donors (Lipinski definition) is 1. The second-order valence-corrected chi connectivity index (χ2v) is 4.26. The van der Waals surface area contributed by atoms with Crippen molar-refractivity contribution >= 4 is 0 Å². The van der Waals surface area contributed by atoms with Crippen molar-refractivity contribution in [1.82, 2.24) is 9.80 Å². The molecule has 92 valence electrons. The highest BCUT2D eigenvalue weighted by Crippen LogP contribution is 2.04. The molecule has 1 rings (SSSR count). The van der Waals surface area contributed by atoms with E-state index in [-0.39, 0.29) is 0 Å². The number of β-amino-alcohol motifs (C(OH)–C–C–N with tert-alkyl or cyclic N) is 1. The summed E-state index contributed by atoms with van der Waals surface area (Å²) < 4.78 is 0. The molecule has 0 amide bonds. The number of aliphatic hydroxyl groups excluding tert-OH is 1. The van der Waals surface area contributed by atoms with Crippen molar-refractivity contribution < 1.29 is 5.11 Å². The topological polar surface area (TPSA) is 26.7 Å². The van der Waals surface area contributed by atoms with E-state index in [0.717, 1.165) is 38.6 Å². The molecule has 0 atom stereocenters. The summed E-state index contributed by atoms with van der Waals surface area (Å²) in [5, 5.41) is 8.77. The maximum absolute atomic E-state index is 8.77. The van der Waals surface area contributed by atoms with Crippen molar-refractivity contribution in [3.05, 3.63) is 0 Å². The molecule has 0 aromatic rings. The van der Waals surface area contributed by atoms with Crippen LogP contribution in [0.3, 0.4) is 0 Å². The molecular formula is C12H28N2O. The van der Waals surface area contributed by atoms with Gasteiger partial charge in [0.15, 0.2) is 0 Å². The summed E-state index contributed by atoms with van der Waals surface area (Å²) in [7, 11) is 0. The van der Waals surface area contributed by atoms with Crippen molar-refractivity contribution in [3.63, 3.8) is 0 Å². The van der Waals surface area contributed by atoms with Gasteiger partial charge in [-0.2, -0.15) is 0 Å². The zero-order valence-corrected chi connectivity index (χ0v) is 10.9. The Bertz CT molecular complexity index is 132. The van der Waals surface area contributed by atoms with Gasteiger partial charge in [-0.15, -0.1) is 0 Å². The predicted molar refractivity (Wildman–Crippen MR) is 66.2 cm³/mol. The molecule has 15 heavy (non-hydrogen) atoms. The first-order valence-corrected chi connectivity index (χ1v) is 6.28. The monoisotopic (exact) mass is 216 g/mol. The van der Waals surface area contributed by atoms with Gasteiger partial charge in [-0.3, -0.25) is 4.90 Å². The lowest BCUT2D eigenvalue weighted by Gasteiger charge is -2.35. The summed E-state index contributed by atoms with van der Waals surface area (Å²) in [6.45, 7) is 15.4. The lowest BCUT2D eigenvalue weighted by Crippen LogP contribution is -2.48. The van der Waals surface area contributed by atoms with E-state index in [0.29, 0.717) is 6.61 Å². The lowest BCUT2D eigenvalue weighted by atomic mass is 10.2. The number of nitrogens with zero attached hydrogens (tertiary/aromatic N) is 2. The van der Waals surface area contributed by atoms with Crippen LogP contribution in [0, 0.1) is 5.92 Å². The summed E-state index contributed by atoms with van der Waals surface area (Å²) >= 11 is 0. The zero-order valence-electron chi connectivity index (χ0n) is 10.9. The van der Waals surface area contributed by atoms with Gasteiger partial charge in [-0.1, -0.05) is 27.7 Å². The first-order valence-electron chi connectivity index (χ1n) is 6.28. The summed E-state index contributed by atoms with van der Waals surface area (Å²) in [6, 6.07) is 0. The first-order chi connectivity index (χ1) is 7.22. The van der Waals surface area contributed by atoms with Gasteiger partial charge in [0.2, 0.25) is 0 Å². The van der Waals surface area contributed by atoms with Crippen molar-refractivity contribution in [2.24, 2.45) is 5.92 Å². The van der Waals surface area contributed by atoms with E-state index >= 15 is 0 Å². The highest BCUT2D eigenvalue weighted by atomic mass is 16.3. The minimum absolute atomic E-state index is 0.296. The van der Waals surface area contributed by atoms with Gasteiger partial charge in [-0.05, 0) is 5.92 Å². The average Bonchev–Trinajstić information content (AvgIpc) is 2.24. The first kappa shape index (κ1) is 14.9. The quantitative estimate of drug-likeness (QED) is 0.767. The minimum Gasteiger partial charge on any atom is -0.395 e. The molecule has 0 aromatic carbocycles. The van der Waals surface area contributed by atoms with E-state index in [4.69, 9.17) is 5.11 Å². The van der Waals surface area contributed by atoms with Gasteiger partial charge in [0.25, 0.3) is 0 Å². The van der Waals surface area contributed by atoms with Crippen LogP contribution in [0.1, 0.15) is 27.7 Å². The summed E-state index contributed by atoms with van der Waals surface area (Å²) in [6.07, 6.45) is 0. The molecule has 0 saturated carbocycles. The van der Waals surface area contributed by atoms with Gasteiger partial charge < -0.3 is 10.0 Å². The molecule has 0 aliphatic carbocycles. The third-order valence-corrected chi connectivity index (χ3v) is 2.50. The van der Waals surface area contributed by atoms with Crippen molar-refractivity contribution in [1.29, 1.82) is 0 Å². The molecule has 0 bridgehead atoms. The zero-order chi connectivity index (χ0) is 11.7. The van der Waals surface area contributed by atoms with E-state index < -0.39 is 0 Å². The van der Waals surface area contributed by atoms with Gasteiger partial charge in [0, 0.05) is 39.3 Å². The Hall–Kier alpha value is -0.120. The third-order valence-electron chi connectivity index (χ3n) is 2.50. The average molecular weight is 216 g/mol. The molecule has 1 saturated heterocycles. The highest BCUT2D eigenvalue weighted by Gasteiger charge is 2.16. The van der Waals surface area contributed by atoms with Crippen LogP contribution >= 0.6 is 0 Å². The smallest absolute Gasteiger partial charge is 0.0558 e. The Labute approximate surface area is 95.1 Å². The van der Waals surface area contributed by atoms with Gasteiger partial charge in [0.1, 0.15) is 0 Å². The maximum atomic E-state index is 8.77. The van der Waals surface area contributed by atoms with Crippen LogP contribution in [0.2, 0.25) is 0 Å². The molecule has 0 aromatic heterocycles. The Morgan fingerprint density at radius 1 is 1.00 bits per heavy atom. The molecule has 1 fully saturated rings. The normalized spacial score (nSPS) is 18.8. The van der Waals surface area contributed by atoms with E-state index in [1.54, 1.807) is 0 Å². The molecule has 1 aliphatic rings. The standard InChI is InChI=1S/C10H22N2O.C2H6/c1-10(2)9-12-5-3-11(4-6-12)7-8-13;1-2/h10,13H,3-9H2,1-2H3;1-2H3. The van der Waals surface area contributed by atoms with Crippen molar-refractivity contribution in [3.8, 4) is 0 Å². The Morgan fingerprint density at radius 3 is 1.87 bits per heavy atom. The molecule has 0 unspecified atom stereocenters. The maximum Gasteiger partial charge on any atom is 0.0558 e. The van der Waals surface area contributed by atoms with E-state index in [1.165, 1.54) is 6.54 Å². The largest absolute Gasteiger partial charge is 0.395 e. The van der Waals surface area contributed by atoms with E-state index in [2.05, 4.69) is 23.6 Å². The lowest BCUT2D eigenvalue weighted by molar-refractivity contribution is 0.105. The molecule has 3 nitrogen and oxygen atoms in total. The summed E-state index contributed by atoms with van der Waals surface area (Å²) in [5.74, 6) is 0.768. The Morgan fingerprint density at radius 2 is 1.47 bits per heavy atom. The summed E-state index contributed by atoms with van der Waals surface area (Å²) in [5.41, 5.74) is 0. The molecule has 1 N–H and O–H groups in total. The molecule has 3 heteroatoms. The Balaban J connectivity index is 0.000000921. The molecular weight excluding hydrogens is 188 g/mol. The van der Waals surface area contributed by atoms with Crippen LogP contribution < -0.4 is 0 Å². The number of rotatable bonds is 4. The number of aliphatic hydroxyl groups is 1. The minimum atomic E-state index is 0.296. The number of piperazine rings is 1. The van der Waals surface area contributed by atoms with Crippen LogP contribution in [-0.2, 0) is 0 Å². The molecule has 0 spiro atoms. The second kappa shape index (κ2) is 9.13. The van der Waals surface area contributed by atoms with Crippen LogP contribution in [0.25, 0.3) is 0 Å². The Kier molecular flexibility index (Phi) is 9.06. The second-order valence-electron chi connectivity index (χ2n) is 4.26. The fourth-order valence-electron chi connectivity index (χ4n) is 1.85. The van der Waals surface area contributed by atoms with Crippen molar-refractivity contribution in [2.45, 2.75) is 27.7 Å². The van der Waals surface area contributed by atoms with Crippen molar-refractivity contribution in [2.75, 3.05) is 45.9 Å². The van der Waals surface area contributed by atoms with Crippen LogP contribution in [0.4, 0.5) is 0 Å².